The van der Waals surface area contributed by atoms with Crippen LogP contribution in [0.1, 0.15) is 49.8 Å². The number of aryl methyl sites for hydroxylation is 1. The second-order valence-electron chi connectivity index (χ2n) is 14.1. The molecular weight excluding hydrogens is 613 g/mol. The van der Waals surface area contributed by atoms with Crippen molar-refractivity contribution in [3.05, 3.63) is 187 Å². The Morgan fingerprint density at radius 3 is 1.76 bits per heavy atom. The molecule has 0 aromatic heterocycles. The van der Waals surface area contributed by atoms with Gasteiger partial charge in [0.05, 0.1) is 0 Å². The summed E-state index contributed by atoms with van der Waals surface area (Å²) in [6, 6.07) is 56.1. The molecule has 0 fully saturated rings. The Bertz CT molecular complexity index is 2540. The molecule has 0 N–H and O–H groups in total. The van der Waals surface area contributed by atoms with Crippen molar-refractivity contribution in [1.82, 2.24) is 0 Å². The van der Waals surface area contributed by atoms with Crippen molar-refractivity contribution in [1.29, 1.82) is 0 Å². The Hall–Kier alpha value is -5.72. The lowest BCUT2D eigenvalue weighted by Crippen LogP contribution is -1.98. The minimum Gasteiger partial charge on any atom is -0.0773 e. The average molecular weight is 657 g/mol. The van der Waals surface area contributed by atoms with Crippen LogP contribution >= 0.6 is 0 Å². The molecule has 0 aliphatic carbocycles. The number of benzene rings is 8. The maximum absolute atomic E-state index is 2.34. The summed E-state index contributed by atoms with van der Waals surface area (Å²) in [4.78, 5) is 0. The standard InChI is InChI=1S/C51H44/c1-5-34(2)42(24-14-15-35(3)40-31-26-37-16-6-7-17-41(37)33-40)38-27-29-39(30-28-38)50-45-20-10-12-22-47(45)51(48-23-13-11-21-46(48)50)49-32-25-36(4)43-18-8-9-19-44(43)49/h6-35H,5H2,1-4H3/b15-14-,42-24+. The largest absolute Gasteiger partial charge is 0.0773 e. The van der Waals surface area contributed by atoms with Crippen molar-refractivity contribution in [2.45, 2.75) is 40.0 Å². The van der Waals surface area contributed by atoms with Gasteiger partial charge in [-0.3, -0.25) is 0 Å². The average Bonchev–Trinajstić information content (AvgIpc) is 3.18. The summed E-state index contributed by atoms with van der Waals surface area (Å²) < 4.78 is 0. The summed E-state index contributed by atoms with van der Waals surface area (Å²) in [6.07, 6.45) is 8.03. The molecule has 0 aliphatic heterocycles. The van der Waals surface area contributed by atoms with Crippen LogP contribution in [-0.4, -0.2) is 0 Å². The van der Waals surface area contributed by atoms with Gasteiger partial charge in [0.25, 0.3) is 0 Å². The van der Waals surface area contributed by atoms with Gasteiger partial charge < -0.3 is 0 Å². The molecule has 2 atom stereocenters. The summed E-state index contributed by atoms with van der Waals surface area (Å²) in [5, 5.41) is 10.3. The van der Waals surface area contributed by atoms with Crippen LogP contribution in [0.4, 0.5) is 0 Å². The van der Waals surface area contributed by atoms with Gasteiger partial charge in [-0.25, -0.2) is 0 Å². The van der Waals surface area contributed by atoms with Gasteiger partial charge in [-0.15, -0.1) is 0 Å². The van der Waals surface area contributed by atoms with Crippen LogP contribution in [-0.2, 0) is 0 Å². The summed E-state index contributed by atoms with van der Waals surface area (Å²) >= 11 is 0. The zero-order valence-corrected chi connectivity index (χ0v) is 30.0. The highest BCUT2D eigenvalue weighted by Crippen LogP contribution is 2.45. The lowest BCUT2D eigenvalue weighted by Gasteiger charge is -2.20. The van der Waals surface area contributed by atoms with Gasteiger partial charge >= 0.3 is 0 Å². The summed E-state index contributed by atoms with van der Waals surface area (Å²) in [5.41, 5.74) is 10.5. The first-order valence-electron chi connectivity index (χ1n) is 18.4. The van der Waals surface area contributed by atoms with Crippen LogP contribution in [0.2, 0.25) is 0 Å². The fourth-order valence-corrected chi connectivity index (χ4v) is 7.92. The van der Waals surface area contributed by atoms with Crippen LogP contribution in [0.15, 0.2) is 170 Å². The quantitative estimate of drug-likeness (QED) is 0.113. The van der Waals surface area contributed by atoms with Gasteiger partial charge in [-0.2, -0.15) is 0 Å². The number of fused-ring (bicyclic) bond motifs is 4. The molecule has 0 bridgehead atoms. The molecule has 51 heavy (non-hydrogen) atoms. The molecule has 0 saturated heterocycles. The third kappa shape index (κ3) is 6.06. The molecule has 248 valence electrons. The lowest BCUT2D eigenvalue weighted by molar-refractivity contribution is 0.717. The van der Waals surface area contributed by atoms with E-state index in [1.807, 2.05) is 0 Å². The van der Waals surface area contributed by atoms with Gasteiger partial charge in [-0.05, 0) is 113 Å². The van der Waals surface area contributed by atoms with Crippen molar-refractivity contribution < 1.29 is 0 Å². The van der Waals surface area contributed by atoms with Crippen LogP contribution in [0.3, 0.4) is 0 Å². The second kappa shape index (κ2) is 13.9. The number of hydrogen-bond donors (Lipinski definition) is 0. The molecule has 2 unspecified atom stereocenters. The fourth-order valence-electron chi connectivity index (χ4n) is 7.92. The number of hydrogen-bond acceptors (Lipinski definition) is 0. The van der Waals surface area contributed by atoms with Gasteiger partial charge in [0.2, 0.25) is 0 Å². The van der Waals surface area contributed by atoms with E-state index in [2.05, 4.69) is 198 Å². The van der Waals surface area contributed by atoms with Gasteiger partial charge in [-0.1, -0.05) is 191 Å². The zero-order valence-electron chi connectivity index (χ0n) is 30.0. The molecule has 0 amide bonds. The normalized spacial score (nSPS) is 13.5. The summed E-state index contributed by atoms with van der Waals surface area (Å²) in [6.45, 7) is 9.12. The lowest BCUT2D eigenvalue weighted by atomic mass is 9.84. The highest BCUT2D eigenvalue weighted by atomic mass is 14.2. The van der Waals surface area contributed by atoms with Crippen LogP contribution < -0.4 is 0 Å². The molecule has 0 saturated carbocycles. The zero-order chi connectivity index (χ0) is 34.9. The molecule has 8 rings (SSSR count). The van der Waals surface area contributed by atoms with E-state index in [0.717, 1.165) is 6.42 Å². The molecule has 8 aromatic rings. The fraction of sp³-hybridized carbons (Fsp3) is 0.137. The van der Waals surface area contributed by atoms with Crippen molar-refractivity contribution in [2.75, 3.05) is 0 Å². The Labute approximate surface area is 302 Å². The van der Waals surface area contributed by atoms with E-state index in [0.29, 0.717) is 11.8 Å². The van der Waals surface area contributed by atoms with Crippen LogP contribution in [0.25, 0.3) is 70.9 Å². The third-order valence-corrected chi connectivity index (χ3v) is 11.0. The predicted octanol–water partition coefficient (Wildman–Crippen LogP) is 14.7. The first-order valence-corrected chi connectivity index (χ1v) is 18.4. The van der Waals surface area contributed by atoms with E-state index in [9.17, 15) is 0 Å². The molecule has 0 nitrogen and oxygen atoms in total. The van der Waals surface area contributed by atoms with Crippen molar-refractivity contribution in [3.63, 3.8) is 0 Å². The van der Waals surface area contributed by atoms with E-state index in [-0.39, 0.29) is 0 Å². The molecule has 0 heteroatoms. The molecule has 0 spiro atoms. The first kappa shape index (κ1) is 32.5. The van der Waals surface area contributed by atoms with Crippen molar-refractivity contribution in [2.24, 2.45) is 5.92 Å². The van der Waals surface area contributed by atoms with Crippen LogP contribution in [0.5, 0.6) is 0 Å². The second-order valence-corrected chi connectivity index (χ2v) is 14.1. The van der Waals surface area contributed by atoms with E-state index in [4.69, 9.17) is 0 Å². The molecule has 0 radical (unpaired) electrons. The Balaban J connectivity index is 1.20. The van der Waals surface area contributed by atoms with Crippen LogP contribution in [0, 0.1) is 12.8 Å². The Morgan fingerprint density at radius 2 is 1.12 bits per heavy atom. The molecule has 0 heterocycles. The monoisotopic (exact) mass is 656 g/mol. The Morgan fingerprint density at radius 1 is 0.549 bits per heavy atom. The van der Waals surface area contributed by atoms with Crippen molar-refractivity contribution >= 4 is 48.7 Å². The van der Waals surface area contributed by atoms with E-state index >= 15 is 0 Å². The summed E-state index contributed by atoms with van der Waals surface area (Å²) in [7, 11) is 0. The highest BCUT2D eigenvalue weighted by molar-refractivity contribution is 6.23. The number of allylic oxidation sites excluding steroid dienone is 4. The predicted molar refractivity (Wildman–Crippen MR) is 224 cm³/mol. The smallest absolute Gasteiger partial charge is 0.000710 e. The molecule has 8 aromatic carbocycles. The number of rotatable bonds is 8. The van der Waals surface area contributed by atoms with Crippen molar-refractivity contribution in [3.8, 4) is 22.3 Å². The minimum absolute atomic E-state index is 0.328. The third-order valence-electron chi connectivity index (χ3n) is 11.0. The van der Waals surface area contributed by atoms with Gasteiger partial charge in [0.15, 0.2) is 0 Å². The maximum Gasteiger partial charge on any atom is -0.000710 e. The van der Waals surface area contributed by atoms with E-state index in [1.54, 1.807) is 0 Å². The topological polar surface area (TPSA) is 0 Å². The first-order chi connectivity index (χ1) is 25.0. The highest BCUT2D eigenvalue weighted by Gasteiger charge is 2.18. The SMILES string of the molecule is CCC(C)/C(=C\C=C/C(C)c1ccc2ccccc2c1)c1ccc(-c2c3ccccc3c(-c3ccc(C)c4ccccc34)c3ccccc23)cc1. The Kier molecular flexibility index (Phi) is 8.85. The maximum atomic E-state index is 2.34. The minimum atomic E-state index is 0.328. The molecular formula is C51H44. The summed E-state index contributed by atoms with van der Waals surface area (Å²) in [5.74, 6) is 0.774. The van der Waals surface area contributed by atoms with E-state index < -0.39 is 0 Å². The van der Waals surface area contributed by atoms with Gasteiger partial charge in [0, 0.05) is 0 Å². The van der Waals surface area contributed by atoms with Gasteiger partial charge in [0.1, 0.15) is 0 Å². The van der Waals surface area contributed by atoms with E-state index in [1.165, 1.54) is 87.6 Å². The molecule has 0 aliphatic rings.